The highest BCUT2D eigenvalue weighted by molar-refractivity contribution is 5.76. The highest BCUT2D eigenvalue weighted by atomic mass is 16.7. The maximum Gasteiger partial charge on any atom is 0.220 e. The highest BCUT2D eigenvalue weighted by Gasteiger charge is 2.44. The molecule has 0 radical (unpaired) electrons. The molecule has 1 amide bonds. The van der Waals surface area contributed by atoms with E-state index in [1.165, 1.54) is 276 Å². The van der Waals surface area contributed by atoms with Crippen LogP contribution in [0, 0.1) is 0 Å². The molecular formula is C69H131NO8. The van der Waals surface area contributed by atoms with Crippen LogP contribution in [0.1, 0.15) is 341 Å². The van der Waals surface area contributed by atoms with E-state index in [0.29, 0.717) is 6.42 Å². The molecule has 0 aromatic rings. The lowest BCUT2D eigenvalue weighted by atomic mass is 9.99. The lowest BCUT2D eigenvalue weighted by Crippen LogP contribution is -2.60. The first-order valence-electron chi connectivity index (χ1n) is 34.2. The molecule has 7 atom stereocenters. The fourth-order valence-corrected chi connectivity index (χ4v) is 11.1. The van der Waals surface area contributed by atoms with Gasteiger partial charge in [-0.1, -0.05) is 320 Å². The zero-order valence-corrected chi connectivity index (χ0v) is 51.4. The van der Waals surface area contributed by atoms with E-state index in [9.17, 15) is 30.3 Å². The number of rotatable bonds is 60. The molecule has 9 heteroatoms. The Labute approximate surface area is 482 Å². The minimum absolute atomic E-state index is 0.171. The Hall–Kier alpha value is -1.59. The number of hydrogen-bond acceptors (Lipinski definition) is 8. The number of carbonyl (C=O) groups is 1. The summed E-state index contributed by atoms with van der Waals surface area (Å²) in [6, 6.07) is -0.806. The summed E-state index contributed by atoms with van der Waals surface area (Å²) in [5.41, 5.74) is 0. The predicted molar refractivity (Wildman–Crippen MR) is 332 cm³/mol. The van der Waals surface area contributed by atoms with E-state index >= 15 is 0 Å². The van der Waals surface area contributed by atoms with E-state index in [2.05, 4.69) is 43.5 Å². The summed E-state index contributed by atoms with van der Waals surface area (Å²) in [4.78, 5) is 13.1. The van der Waals surface area contributed by atoms with Crippen LogP contribution in [0.15, 0.2) is 36.5 Å². The zero-order valence-electron chi connectivity index (χ0n) is 51.4. The maximum absolute atomic E-state index is 13.1. The summed E-state index contributed by atoms with van der Waals surface area (Å²) in [6.45, 7) is 3.83. The molecule has 1 fully saturated rings. The number of hydrogen-bond donors (Lipinski definition) is 6. The lowest BCUT2D eigenvalue weighted by molar-refractivity contribution is -0.302. The number of amides is 1. The molecule has 7 unspecified atom stereocenters. The Kier molecular flexibility index (Phi) is 55.9. The van der Waals surface area contributed by atoms with E-state index in [1.807, 2.05) is 6.08 Å². The smallest absolute Gasteiger partial charge is 0.220 e. The fraction of sp³-hybridized carbons (Fsp3) is 0.899. The third-order valence-electron chi connectivity index (χ3n) is 16.5. The minimum Gasteiger partial charge on any atom is -0.394 e. The topological polar surface area (TPSA) is 149 Å². The van der Waals surface area contributed by atoms with Crippen molar-refractivity contribution >= 4 is 5.91 Å². The van der Waals surface area contributed by atoms with Crippen LogP contribution in [0.3, 0.4) is 0 Å². The van der Waals surface area contributed by atoms with E-state index in [1.54, 1.807) is 6.08 Å². The third-order valence-corrected chi connectivity index (χ3v) is 16.5. The summed E-state index contributed by atoms with van der Waals surface area (Å²) in [5, 5.41) is 54.7. The van der Waals surface area contributed by atoms with Crippen molar-refractivity contribution in [2.45, 2.75) is 384 Å². The van der Waals surface area contributed by atoms with Gasteiger partial charge in [0.05, 0.1) is 25.4 Å². The average molecular weight is 1100 g/mol. The van der Waals surface area contributed by atoms with E-state index in [-0.39, 0.29) is 12.5 Å². The normalized spacial score (nSPS) is 18.8. The number of unbranched alkanes of at least 4 members (excludes halogenated alkanes) is 46. The highest BCUT2D eigenvalue weighted by Crippen LogP contribution is 2.23. The van der Waals surface area contributed by atoms with Gasteiger partial charge in [0.2, 0.25) is 5.91 Å². The Balaban J connectivity index is 2.14. The second kappa shape index (κ2) is 58.6. The third kappa shape index (κ3) is 47.0. The molecule has 0 aromatic carbocycles. The summed E-state index contributed by atoms with van der Waals surface area (Å²) >= 11 is 0. The van der Waals surface area contributed by atoms with Gasteiger partial charge in [-0.2, -0.15) is 0 Å². The molecule has 460 valence electrons. The molecule has 78 heavy (non-hydrogen) atoms. The van der Waals surface area contributed by atoms with E-state index in [4.69, 9.17) is 9.47 Å². The molecule has 9 nitrogen and oxygen atoms in total. The molecule has 0 saturated carbocycles. The van der Waals surface area contributed by atoms with Crippen LogP contribution < -0.4 is 5.32 Å². The van der Waals surface area contributed by atoms with Crippen molar-refractivity contribution < 1.29 is 39.8 Å². The first-order valence-corrected chi connectivity index (χ1v) is 34.2. The molecule has 1 aliphatic heterocycles. The second-order valence-electron chi connectivity index (χ2n) is 24.0. The van der Waals surface area contributed by atoms with Crippen molar-refractivity contribution in [1.82, 2.24) is 5.32 Å². The SMILES string of the molecule is CCCCCCCCCCC/C=C\C/C=C\CCCCCCCCCCCCCCCCCC(=O)NC(COC1OC(CO)C(O)C(O)C1O)C(O)/C=C/CCCCCCCCCCCCCCCCCCCCCCCC. The monoisotopic (exact) mass is 1100 g/mol. The minimum atomic E-state index is -1.57. The number of ether oxygens (including phenoxy) is 2. The van der Waals surface area contributed by atoms with Crippen LogP contribution in [0.5, 0.6) is 0 Å². The van der Waals surface area contributed by atoms with Crippen LogP contribution in [0.4, 0.5) is 0 Å². The van der Waals surface area contributed by atoms with Gasteiger partial charge in [-0.3, -0.25) is 4.79 Å². The molecule has 0 aliphatic carbocycles. The Morgan fingerprint density at radius 1 is 0.436 bits per heavy atom. The lowest BCUT2D eigenvalue weighted by Gasteiger charge is -2.40. The number of allylic oxidation sites excluding steroid dienone is 5. The number of carbonyl (C=O) groups excluding carboxylic acids is 1. The van der Waals surface area contributed by atoms with Crippen LogP contribution >= 0.6 is 0 Å². The van der Waals surface area contributed by atoms with Gasteiger partial charge >= 0.3 is 0 Å². The van der Waals surface area contributed by atoms with Crippen LogP contribution in [0.2, 0.25) is 0 Å². The van der Waals surface area contributed by atoms with Crippen molar-refractivity contribution in [3.63, 3.8) is 0 Å². The zero-order chi connectivity index (χ0) is 56.5. The molecule has 6 N–H and O–H groups in total. The van der Waals surface area contributed by atoms with Crippen LogP contribution in [-0.2, 0) is 14.3 Å². The molecule has 1 rings (SSSR count). The summed E-state index contributed by atoms with van der Waals surface area (Å²) < 4.78 is 11.3. The fourth-order valence-electron chi connectivity index (χ4n) is 11.1. The Morgan fingerprint density at radius 2 is 0.756 bits per heavy atom. The average Bonchev–Trinajstić information content (AvgIpc) is 3.45. The second-order valence-corrected chi connectivity index (χ2v) is 24.0. The number of nitrogens with one attached hydrogen (secondary N) is 1. The molecule has 1 heterocycles. The van der Waals surface area contributed by atoms with Gasteiger partial charge in [0.15, 0.2) is 6.29 Å². The Morgan fingerprint density at radius 3 is 1.10 bits per heavy atom. The van der Waals surface area contributed by atoms with Crippen molar-refractivity contribution in [3.8, 4) is 0 Å². The van der Waals surface area contributed by atoms with Crippen molar-refractivity contribution in [2.75, 3.05) is 13.2 Å². The van der Waals surface area contributed by atoms with Gasteiger partial charge < -0.3 is 40.3 Å². The predicted octanol–water partition coefficient (Wildman–Crippen LogP) is 18.3. The summed E-state index contributed by atoms with van der Waals surface area (Å²) in [6.07, 6.45) is 71.0. The summed E-state index contributed by atoms with van der Waals surface area (Å²) in [5.74, 6) is -0.171. The van der Waals surface area contributed by atoms with Crippen molar-refractivity contribution in [3.05, 3.63) is 36.5 Å². The van der Waals surface area contributed by atoms with Gasteiger partial charge in [-0.25, -0.2) is 0 Å². The molecule has 1 aliphatic rings. The molecule has 0 aromatic heterocycles. The van der Waals surface area contributed by atoms with Crippen molar-refractivity contribution in [1.29, 1.82) is 0 Å². The largest absolute Gasteiger partial charge is 0.394 e. The maximum atomic E-state index is 13.1. The first kappa shape index (κ1) is 74.4. The number of aliphatic hydroxyl groups excluding tert-OH is 5. The van der Waals surface area contributed by atoms with Gasteiger partial charge in [-0.05, 0) is 51.4 Å². The first-order chi connectivity index (χ1) is 38.3. The molecular weight excluding hydrogens is 971 g/mol. The number of aliphatic hydroxyl groups is 5. The van der Waals surface area contributed by atoms with Gasteiger partial charge in [0.25, 0.3) is 0 Å². The molecule has 1 saturated heterocycles. The van der Waals surface area contributed by atoms with E-state index < -0.39 is 49.5 Å². The van der Waals surface area contributed by atoms with Gasteiger partial charge in [0, 0.05) is 6.42 Å². The van der Waals surface area contributed by atoms with Crippen molar-refractivity contribution in [2.24, 2.45) is 0 Å². The van der Waals surface area contributed by atoms with Crippen LogP contribution in [0.25, 0.3) is 0 Å². The van der Waals surface area contributed by atoms with Gasteiger partial charge in [-0.15, -0.1) is 0 Å². The quantitative estimate of drug-likeness (QED) is 0.0261. The Bertz CT molecular complexity index is 1320. The van der Waals surface area contributed by atoms with Crippen LogP contribution in [-0.4, -0.2) is 87.5 Å². The standard InChI is InChI=1S/C69H131NO8/c1-3-5-7-9-11-13-15-17-19-21-23-25-27-29-30-31-32-33-34-35-37-39-41-43-45-47-49-51-53-55-57-59-65(73)70-62(61-77-69-68(76)67(75)66(74)64(60-71)78-69)63(72)58-56-54-52-50-48-46-44-42-40-38-36-28-26-24-22-20-18-16-14-12-10-8-6-4-2/h23,25,29-30,56,58,62-64,66-69,71-72,74-76H,3-22,24,26-28,31-55,57,59-61H2,1-2H3,(H,70,73)/b25-23-,30-29-,58-56+. The van der Waals surface area contributed by atoms with Gasteiger partial charge in [0.1, 0.15) is 24.4 Å². The van der Waals surface area contributed by atoms with E-state index in [0.717, 1.165) is 44.9 Å². The molecule has 0 spiro atoms. The molecule has 0 bridgehead atoms. The summed E-state index contributed by atoms with van der Waals surface area (Å²) in [7, 11) is 0.